The molecule has 152 valence electrons. The lowest BCUT2D eigenvalue weighted by atomic mass is 10.1. The molecular formula is C23H25NO4S. The minimum absolute atomic E-state index is 0.0571. The van der Waals surface area contributed by atoms with Gasteiger partial charge in [-0.25, -0.2) is 0 Å². The molecule has 3 aromatic rings. The molecule has 0 atom stereocenters. The molecule has 0 bridgehead atoms. The standard InChI is InChI=1S/C23H25NO4S/c1-15-19(17-6-8-18(26-2)9-7-17)14-22(29-15)23(25)24-12-11-16-5-10-20(27-3)21(13-16)28-4/h5-10,13-14H,11-12H2,1-4H3,(H,24,25). The van der Waals surface area contributed by atoms with Crippen molar-refractivity contribution in [3.63, 3.8) is 0 Å². The number of thiophene rings is 1. The molecule has 1 heterocycles. The zero-order valence-corrected chi connectivity index (χ0v) is 17.9. The van der Waals surface area contributed by atoms with E-state index in [1.807, 2.05) is 55.5 Å². The normalized spacial score (nSPS) is 10.5. The smallest absolute Gasteiger partial charge is 0.261 e. The van der Waals surface area contributed by atoms with Crippen LogP contribution in [0.25, 0.3) is 11.1 Å². The Bertz CT molecular complexity index is 979. The van der Waals surface area contributed by atoms with Crippen molar-refractivity contribution in [2.75, 3.05) is 27.9 Å². The Morgan fingerprint density at radius 2 is 1.66 bits per heavy atom. The van der Waals surface area contributed by atoms with Gasteiger partial charge in [0, 0.05) is 11.4 Å². The summed E-state index contributed by atoms with van der Waals surface area (Å²) in [5.74, 6) is 2.14. The highest BCUT2D eigenvalue weighted by molar-refractivity contribution is 7.14. The number of hydrogen-bond donors (Lipinski definition) is 1. The van der Waals surface area contributed by atoms with Crippen molar-refractivity contribution in [2.24, 2.45) is 0 Å². The van der Waals surface area contributed by atoms with Gasteiger partial charge in [-0.05, 0) is 60.4 Å². The lowest BCUT2D eigenvalue weighted by Gasteiger charge is -2.10. The van der Waals surface area contributed by atoms with E-state index in [9.17, 15) is 4.79 Å². The van der Waals surface area contributed by atoms with E-state index in [1.54, 1.807) is 21.3 Å². The van der Waals surface area contributed by atoms with Crippen molar-refractivity contribution in [1.82, 2.24) is 5.32 Å². The predicted octanol–water partition coefficient (Wildman–Crippen LogP) is 4.72. The van der Waals surface area contributed by atoms with Crippen molar-refractivity contribution in [2.45, 2.75) is 13.3 Å². The Balaban J connectivity index is 1.62. The molecule has 0 saturated carbocycles. The van der Waals surface area contributed by atoms with Crippen LogP contribution >= 0.6 is 11.3 Å². The third kappa shape index (κ3) is 4.90. The van der Waals surface area contributed by atoms with Crippen LogP contribution in [-0.2, 0) is 6.42 Å². The molecule has 1 aromatic heterocycles. The third-order valence-corrected chi connectivity index (χ3v) is 5.74. The van der Waals surface area contributed by atoms with E-state index in [-0.39, 0.29) is 5.91 Å². The number of carbonyl (C=O) groups is 1. The molecule has 0 spiro atoms. The first kappa shape index (κ1) is 20.7. The minimum Gasteiger partial charge on any atom is -0.497 e. The average Bonchev–Trinajstić information content (AvgIpc) is 3.15. The minimum atomic E-state index is -0.0571. The molecule has 0 unspecified atom stereocenters. The highest BCUT2D eigenvalue weighted by Gasteiger charge is 2.14. The van der Waals surface area contributed by atoms with Gasteiger partial charge in [0.1, 0.15) is 5.75 Å². The maximum atomic E-state index is 12.6. The second-order valence-electron chi connectivity index (χ2n) is 6.50. The van der Waals surface area contributed by atoms with Gasteiger partial charge >= 0.3 is 0 Å². The number of carbonyl (C=O) groups excluding carboxylic acids is 1. The molecule has 0 fully saturated rings. The van der Waals surface area contributed by atoms with Crippen LogP contribution in [0.2, 0.25) is 0 Å². The first-order valence-electron chi connectivity index (χ1n) is 9.29. The SMILES string of the molecule is COc1ccc(-c2cc(C(=O)NCCc3ccc(OC)c(OC)c3)sc2C)cc1. The molecule has 1 N–H and O–H groups in total. The summed E-state index contributed by atoms with van der Waals surface area (Å²) >= 11 is 1.50. The van der Waals surface area contributed by atoms with Gasteiger partial charge in [0.15, 0.2) is 11.5 Å². The highest BCUT2D eigenvalue weighted by Crippen LogP contribution is 2.32. The highest BCUT2D eigenvalue weighted by atomic mass is 32.1. The van der Waals surface area contributed by atoms with Crippen LogP contribution in [0.1, 0.15) is 20.1 Å². The van der Waals surface area contributed by atoms with Gasteiger partial charge in [0.25, 0.3) is 5.91 Å². The Hall–Kier alpha value is -2.99. The molecule has 29 heavy (non-hydrogen) atoms. The molecule has 0 aliphatic heterocycles. The molecule has 0 aliphatic rings. The topological polar surface area (TPSA) is 56.8 Å². The third-order valence-electron chi connectivity index (χ3n) is 4.69. The van der Waals surface area contributed by atoms with Gasteiger partial charge in [-0.15, -0.1) is 11.3 Å². The monoisotopic (exact) mass is 411 g/mol. The Morgan fingerprint density at radius 3 is 2.31 bits per heavy atom. The number of aryl methyl sites for hydroxylation is 1. The number of rotatable bonds is 8. The van der Waals surface area contributed by atoms with Crippen molar-refractivity contribution >= 4 is 17.2 Å². The summed E-state index contributed by atoms with van der Waals surface area (Å²) in [5.41, 5.74) is 3.22. The second-order valence-corrected chi connectivity index (χ2v) is 7.76. The van der Waals surface area contributed by atoms with Crippen LogP contribution < -0.4 is 19.5 Å². The van der Waals surface area contributed by atoms with E-state index in [2.05, 4.69) is 5.32 Å². The lowest BCUT2D eigenvalue weighted by molar-refractivity contribution is 0.0958. The van der Waals surface area contributed by atoms with Gasteiger partial charge < -0.3 is 19.5 Å². The van der Waals surface area contributed by atoms with E-state index >= 15 is 0 Å². The summed E-state index contributed by atoms with van der Waals surface area (Å²) in [5, 5.41) is 3.00. The Labute approximate surface area is 175 Å². The van der Waals surface area contributed by atoms with E-state index in [0.717, 1.165) is 27.3 Å². The molecule has 0 radical (unpaired) electrons. The van der Waals surface area contributed by atoms with Crippen molar-refractivity contribution in [1.29, 1.82) is 0 Å². The molecule has 5 nitrogen and oxygen atoms in total. The number of hydrogen-bond acceptors (Lipinski definition) is 5. The molecule has 1 amide bonds. The van der Waals surface area contributed by atoms with Gasteiger partial charge in [0.2, 0.25) is 0 Å². The summed E-state index contributed by atoms with van der Waals surface area (Å²) in [7, 11) is 4.87. The maximum absolute atomic E-state index is 12.6. The Morgan fingerprint density at radius 1 is 0.931 bits per heavy atom. The number of nitrogens with one attached hydrogen (secondary N) is 1. The summed E-state index contributed by atoms with van der Waals surface area (Å²) in [6.45, 7) is 2.58. The maximum Gasteiger partial charge on any atom is 0.261 e. The fourth-order valence-electron chi connectivity index (χ4n) is 3.09. The fraction of sp³-hybridized carbons (Fsp3) is 0.261. The Kier molecular flexibility index (Phi) is 6.77. The second kappa shape index (κ2) is 9.47. The van der Waals surface area contributed by atoms with Crippen molar-refractivity contribution in [3.8, 4) is 28.4 Å². The first-order chi connectivity index (χ1) is 14.0. The van der Waals surface area contributed by atoms with Crippen LogP contribution in [0.3, 0.4) is 0 Å². The zero-order valence-electron chi connectivity index (χ0n) is 17.1. The first-order valence-corrected chi connectivity index (χ1v) is 10.1. The fourth-order valence-corrected chi connectivity index (χ4v) is 4.05. The van der Waals surface area contributed by atoms with E-state index < -0.39 is 0 Å². The number of amides is 1. The summed E-state index contributed by atoms with van der Waals surface area (Å²) in [6, 6.07) is 15.6. The molecule has 3 rings (SSSR count). The van der Waals surface area contributed by atoms with E-state index in [0.29, 0.717) is 29.3 Å². The van der Waals surface area contributed by atoms with Gasteiger partial charge in [0.05, 0.1) is 26.2 Å². The lowest BCUT2D eigenvalue weighted by Crippen LogP contribution is -2.24. The number of ether oxygens (including phenoxy) is 3. The van der Waals surface area contributed by atoms with Gasteiger partial charge in [-0.2, -0.15) is 0 Å². The van der Waals surface area contributed by atoms with Crippen molar-refractivity contribution in [3.05, 3.63) is 63.8 Å². The number of methoxy groups -OCH3 is 3. The molecule has 0 saturated heterocycles. The number of benzene rings is 2. The molecule has 6 heteroatoms. The van der Waals surface area contributed by atoms with Crippen LogP contribution in [0.4, 0.5) is 0 Å². The molecular weight excluding hydrogens is 386 g/mol. The van der Waals surface area contributed by atoms with E-state index in [1.165, 1.54) is 11.3 Å². The average molecular weight is 412 g/mol. The summed E-state index contributed by atoms with van der Waals surface area (Å²) < 4.78 is 15.8. The summed E-state index contributed by atoms with van der Waals surface area (Å²) in [4.78, 5) is 14.4. The molecule has 2 aromatic carbocycles. The van der Waals surface area contributed by atoms with E-state index in [4.69, 9.17) is 14.2 Å². The quantitative estimate of drug-likeness (QED) is 0.583. The summed E-state index contributed by atoms with van der Waals surface area (Å²) in [6.07, 6.45) is 0.710. The van der Waals surface area contributed by atoms with Crippen LogP contribution in [-0.4, -0.2) is 33.8 Å². The van der Waals surface area contributed by atoms with Crippen LogP contribution in [0, 0.1) is 6.92 Å². The van der Waals surface area contributed by atoms with Gasteiger partial charge in [-0.1, -0.05) is 18.2 Å². The zero-order chi connectivity index (χ0) is 20.8. The molecule has 0 aliphatic carbocycles. The largest absolute Gasteiger partial charge is 0.497 e. The van der Waals surface area contributed by atoms with Crippen molar-refractivity contribution < 1.29 is 19.0 Å². The van der Waals surface area contributed by atoms with Crippen LogP contribution in [0.15, 0.2) is 48.5 Å². The predicted molar refractivity (Wildman–Crippen MR) is 117 cm³/mol. The van der Waals surface area contributed by atoms with Gasteiger partial charge in [-0.3, -0.25) is 4.79 Å². The van der Waals surface area contributed by atoms with Crippen LogP contribution in [0.5, 0.6) is 17.2 Å².